The quantitative estimate of drug-likeness (QED) is 0.481. The Kier molecular flexibility index (Phi) is 4.58. The van der Waals surface area contributed by atoms with Crippen LogP contribution in [0.5, 0.6) is 0 Å². The summed E-state index contributed by atoms with van der Waals surface area (Å²) >= 11 is 0. The van der Waals surface area contributed by atoms with Crippen LogP contribution in [0.15, 0.2) is 72.8 Å². The Morgan fingerprint density at radius 3 is 2.50 bits per heavy atom. The Bertz CT molecular complexity index is 1210. The number of hydrogen-bond acceptors (Lipinski definition) is 2. The first-order valence-corrected chi connectivity index (χ1v) is 10.1. The second kappa shape index (κ2) is 7.41. The Morgan fingerprint density at radius 2 is 1.73 bits per heavy atom. The molecule has 0 spiro atoms. The molecule has 150 valence electrons. The molecule has 2 heterocycles. The number of aryl methyl sites for hydroxylation is 1. The molecule has 1 aliphatic rings. The molecule has 1 aliphatic heterocycles. The Morgan fingerprint density at radius 1 is 1.00 bits per heavy atom. The normalized spacial score (nSPS) is 16.5. The van der Waals surface area contributed by atoms with E-state index in [2.05, 4.69) is 4.57 Å². The number of aromatic nitrogens is 2. The summed E-state index contributed by atoms with van der Waals surface area (Å²) in [7, 11) is 0. The van der Waals surface area contributed by atoms with Gasteiger partial charge in [-0.3, -0.25) is 4.79 Å². The highest BCUT2D eigenvalue weighted by Crippen LogP contribution is 2.33. The fourth-order valence-corrected chi connectivity index (χ4v) is 4.20. The van der Waals surface area contributed by atoms with Gasteiger partial charge in [0.05, 0.1) is 11.0 Å². The molecule has 0 unspecified atom stereocenters. The summed E-state index contributed by atoms with van der Waals surface area (Å²) in [5.41, 5.74) is 5.03. The molecule has 0 radical (unpaired) electrons. The van der Waals surface area contributed by atoms with Crippen LogP contribution in [0, 0.1) is 12.7 Å². The summed E-state index contributed by atoms with van der Waals surface area (Å²) in [5.74, 6) is 0.781. The maximum atomic E-state index is 13.4. The first-order valence-electron chi connectivity index (χ1n) is 10.1. The number of fused-ring (bicyclic) bond motifs is 1. The first kappa shape index (κ1) is 18.6. The van der Waals surface area contributed by atoms with E-state index >= 15 is 0 Å². The van der Waals surface area contributed by atoms with Crippen molar-refractivity contribution in [2.45, 2.75) is 25.8 Å². The first-order chi connectivity index (χ1) is 14.6. The molecule has 0 saturated carbocycles. The zero-order valence-electron chi connectivity index (χ0n) is 16.8. The predicted octanol–water partition coefficient (Wildman–Crippen LogP) is 5.05. The fourth-order valence-electron chi connectivity index (χ4n) is 4.20. The summed E-state index contributed by atoms with van der Waals surface area (Å²) in [6, 6.07) is 22.6. The molecule has 1 saturated heterocycles. The molecule has 1 atom stereocenters. The minimum Gasteiger partial charge on any atom is -0.323 e. The maximum Gasteiger partial charge on any atom is 0.227 e. The lowest BCUT2D eigenvalue weighted by Gasteiger charge is -2.18. The smallest absolute Gasteiger partial charge is 0.227 e. The third-order valence-electron chi connectivity index (χ3n) is 5.77. The van der Waals surface area contributed by atoms with Gasteiger partial charge in [-0.2, -0.15) is 0 Å². The van der Waals surface area contributed by atoms with Gasteiger partial charge in [0.15, 0.2) is 0 Å². The fraction of sp³-hybridized carbons (Fsp3) is 0.200. The lowest BCUT2D eigenvalue weighted by molar-refractivity contribution is -0.117. The highest BCUT2D eigenvalue weighted by atomic mass is 19.1. The number of benzene rings is 3. The van der Waals surface area contributed by atoms with E-state index in [0.717, 1.165) is 28.1 Å². The maximum absolute atomic E-state index is 13.4. The molecule has 30 heavy (non-hydrogen) atoms. The van der Waals surface area contributed by atoms with Crippen molar-refractivity contribution in [3.63, 3.8) is 0 Å². The zero-order chi connectivity index (χ0) is 20.7. The molecule has 1 aromatic heterocycles. The Hall–Kier alpha value is -3.47. The minimum absolute atomic E-state index is 0.00616. The van der Waals surface area contributed by atoms with Gasteiger partial charge in [0.2, 0.25) is 5.91 Å². The van der Waals surface area contributed by atoms with Crippen LogP contribution in [0.25, 0.3) is 11.0 Å². The summed E-state index contributed by atoms with van der Waals surface area (Å²) < 4.78 is 15.5. The van der Waals surface area contributed by atoms with Gasteiger partial charge < -0.3 is 9.47 Å². The van der Waals surface area contributed by atoms with E-state index in [9.17, 15) is 9.18 Å². The molecule has 0 bridgehead atoms. The number of carbonyl (C=O) groups excluding carboxylic acids is 1. The van der Waals surface area contributed by atoms with Crippen LogP contribution >= 0.6 is 0 Å². The van der Waals surface area contributed by atoms with Crippen molar-refractivity contribution in [3.05, 3.63) is 95.6 Å². The average molecular weight is 399 g/mol. The number of carbonyl (C=O) groups is 1. The van der Waals surface area contributed by atoms with E-state index in [1.165, 1.54) is 17.7 Å². The zero-order valence-corrected chi connectivity index (χ0v) is 16.8. The van der Waals surface area contributed by atoms with Gasteiger partial charge in [-0.1, -0.05) is 42.0 Å². The molecule has 5 heteroatoms. The van der Waals surface area contributed by atoms with Gasteiger partial charge in [0.25, 0.3) is 0 Å². The van der Waals surface area contributed by atoms with Crippen LogP contribution in [0.1, 0.15) is 29.3 Å². The van der Waals surface area contributed by atoms with Crippen LogP contribution in [0.4, 0.5) is 10.1 Å². The second-order valence-electron chi connectivity index (χ2n) is 7.91. The van der Waals surface area contributed by atoms with E-state index in [1.807, 2.05) is 60.4 Å². The molecule has 1 fully saturated rings. The molecular formula is C25H22FN3O. The van der Waals surface area contributed by atoms with Gasteiger partial charge in [-0.05, 0) is 48.9 Å². The van der Waals surface area contributed by atoms with Crippen molar-refractivity contribution in [1.29, 1.82) is 0 Å². The number of amides is 1. The molecule has 3 aromatic carbocycles. The SMILES string of the molecule is Cc1ccc(N2C[C@H](c3nc4ccccc4n3Cc3ccc(F)cc3)CC2=O)cc1. The largest absolute Gasteiger partial charge is 0.323 e. The van der Waals surface area contributed by atoms with Gasteiger partial charge in [0.1, 0.15) is 11.6 Å². The predicted molar refractivity (Wildman–Crippen MR) is 116 cm³/mol. The number of anilines is 1. The number of rotatable bonds is 4. The van der Waals surface area contributed by atoms with Gasteiger partial charge in [-0.15, -0.1) is 0 Å². The van der Waals surface area contributed by atoms with Crippen LogP contribution in [-0.4, -0.2) is 22.0 Å². The highest BCUT2D eigenvalue weighted by molar-refractivity contribution is 5.96. The van der Waals surface area contributed by atoms with Crippen molar-refractivity contribution in [2.75, 3.05) is 11.4 Å². The third kappa shape index (κ3) is 3.36. The topological polar surface area (TPSA) is 38.1 Å². The van der Waals surface area contributed by atoms with E-state index in [-0.39, 0.29) is 17.6 Å². The van der Waals surface area contributed by atoms with Crippen molar-refractivity contribution < 1.29 is 9.18 Å². The van der Waals surface area contributed by atoms with E-state index < -0.39 is 0 Å². The van der Waals surface area contributed by atoms with Crippen molar-refractivity contribution >= 4 is 22.6 Å². The Labute approximate surface area is 174 Å². The van der Waals surface area contributed by atoms with Crippen LogP contribution in [-0.2, 0) is 11.3 Å². The van der Waals surface area contributed by atoms with E-state index in [1.54, 1.807) is 12.1 Å². The number of imidazole rings is 1. The van der Waals surface area contributed by atoms with Crippen molar-refractivity contribution in [1.82, 2.24) is 9.55 Å². The lowest BCUT2D eigenvalue weighted by Crippen LogP contribution is -2.24. The monoisotopic (exact) mass is 399 g/mol. The number of para-hydroxylation sites is 2. The molecule has 4 aromatic rings. The standard InChI is InChI=1S/C25H22FN3O/c1-17-6-12-21(13-7-17)28-16-19(14-24(28)30)25-27-22-4-2-3-5-23(22)29(25)15-18-8-10-20(26)11-9-18/h2-13,19H,14-16H2,1H3/t19-/m1/s1. The second-order valence-corrected chi connectivity index (χ2v) is 7.91. The van der Waals surface area contributed by atoms with E-state index in [0.29, 0.717) is 19.5 Å². The number of hydrogen-bond donors (Lipinski definition) is 0. The molecule has 0 N–H and O–H groups in total. The number of halogens is 1. The molecule has 1 amide bonds. The molecule has 0 aliphatic carbocycles. The molecular weight excluding hydrogens is 377 g/mol. The lowest BCUT2D eigenvalue weighted by atomic mass is 10.1. The summed E-state index contributed by atoms with van der Waals surface area (Å²) in [6.07, 6.45) is 0.431. The molecule has 5 rings (SSSR count). The van der Waals surface area contributed by atoms with Crippen LogP contribution in [0.3, 0.4) is 0 Å². The molecule has 4 nitrogen and oxygen atoms in total. The summed E-state index contributed by atoms with van der Waals surface area (Å²) in [6.45, 7) is 3.23. The van der Waals surface area contributed by atoms with Crippen LogP contribution < -0.4 is 4.90 Å². The Balaban J connectivity index is 1.51. The number of nitrogens with zero attached hydrogens (tertiary/aromatic N) is 3. The van der Waals surface area contributed by atoms with Gasteiger partial charge >= 0.3 is 0 Å². The van der Waals surface area contributed by atoms with Crippen molar-refractivity contribution in [2.24, 2.45) is 0 Å². The van der Waals surface area contributed by atoms with Gasteiger partial charge in [0, 0.05) is 31.1 Å². The highest BCUT2D eigenvalue weighted by Gasteiger charge is 2.34. The van der Waals surface area contributed by atoms with E-state index in [4.69, 9.17) is 4.98 Å². The summed E-state index contributed by atoms with van der Waals surface area (Å²) in [5, 5.41) is 0. The van der Waals surface area contributed by atoms with Gasteiger partial charge in [-0.25, -0.2) is 9.37 Å². The minimum atomic E-state index is -0.246. The third-order valence-corrected chi connectivity index (χ3v) is 5.77. The van der Waals surface area contributed by atoms with Crippen LogP contribution in [0.2, 0.25) is 0 Å². The summed E-state index contributed by atoms with van der Waals surface area (Å²) in [4.78, 5) is 19.6. The van der Waals surface area contributed by atoms with Crippen molar-refractivity contribution in [3.8, 4) is 0 Å². The average Bonchev–Trinajstić information content (AvgIpc) is 3.31.